The van der Waals surface area contributed by atoms with Gasteiger partial charge in [0.25, 0.3) is 10.0 Å². The van der Waals surface area contributed by atoms with Crippen LogP contribution in [0, 0.1) is 0 Å². The standard InChI is InChI=1S/C30H33BrClN3O4S/c1-22(30(37)33-26-8-4-2-5-9-26)34(20-23-12-16-25(32)17-13-23)29(36)21-35(27-18-14-24(31)15-19-27)40(38,39)28-10-6-3-7-11-28/h3,6-7,10-19,22,26H,2,4-5,8-9,20-21H2,1H3,(H,33,37)/t22-/m0/s1. The molecule has 40 heavy (non-hydrogen) atoms. The fourth-order valence-corrected chi connectivity index (χ4v) is 6.62. The number of benzene rings is 3. The van der Waals surface area contributed by atoms with E-state index in [0.29, 0.717) is 10.7 Å². The van der Waals surface area contributed by atoms with Crippen LogP contribution in [0.2, 0.25) is 5.02 Å². The predicted molar refractivity (Wildman–Crippen MR) is 162 cm³/mol. The number of sulfonamides is 1. The minimum atomic E-state index is -4.09. The number of amides is 2. The first-order chi connectivity index (χ1) is 19.1. The number of anilines is 1. The number of hydrogen-bond donors (Lipinski definition) is 1. The van der Waals surface area contributed by atoms with Crippen molar-refractivity contribution < 1.29 is 18.0 Å². The molecule has 0 aliphatic heterocycles. The maximum Gasteiger partial charge on any atom is 0.264 e. The van der Waals surface area contributed by atoms with E-state index in [4.69, 9.17) is 11.6 Å². The number of rotatable bonds is 10. The molecule has 4 rings (SSSR count). The molecule has 0 radical (unpaired) electrons. The van der Waals surface area contributed by atoms with Gasteiger partial charge in [-0.15, -0.1) is 0 Å². The molecule has 2 amide bonds. The average Bonchev–Trinajstić information content (AvgIpc) is 2.96. The molecule has 3 aromatic rings. The molecule has 3 aromatic carbocycles. The summed E-state index contributed by atoms with van der Waals surface area (Å²) < 4.78 is 29.4. The second kappa shape index (κ2) is 13.7. The van der Waals surface area contributed by atoms with Gasteiger partial charge in [-0.25, -0.2) is 8.42 Å². The van der Waals surface area contributed by atoms with Gasteiger partial charge in [0, 0.05) is 22.1 Å². The second-order valence-corrected chi connectivity index (χ2v) is 13.2. The molecule has 0 spiro atoms. The quantitative estimate of drug-likeness (QED) is 0.286. The van der Waals surface area contributed by atoms with Crippen LogP contribution in [0.25, 0.3) is 0 Å². The van der Waals surface area contributed by atoms with Gasteiger partial charge in [-0.3, -0.25) is 13.9 Å². The lowest BCUT2D eigenvalue weighted by Crippen LogP contribution is -2.53. The topological polar surface area (TPSA) is 86.8 Å². The molecule has 0 unspecified atom stereocenters. The Kier molecular flexibility index (Phi) is 10.3. The van der Waals surface area contributed by atoms with Gasteiger partial charge >= 0.3 is 0 Å². The Labute approximate surface area is 249 Å². The summed E-state index contributed by atoms with van der Waals surface area (Å²) in [5.74, 6) is -0.751. The molecule has 1 N–H and O–H groups in total. The van der Waals surface area contributed by atoms with Crippen molar-refractivity contribution in [3.05, 3.63) is 93.9 Å². The molecule has 1 aliphatic rings. The Bertz CT molecular complexity index is 1400. The van der Waals surface area contributed by atoms with Crippen molar-refractivity contribution in [1.29, 1.82) is 0 Å². The highest BCUT2D eigenvalue weighted by Crippen LogP contribution is 2.26. The number of carbonyl (C=O) groups excluding carboxylic acids is 2. The summed E-state index contributed by atoms with van der Waals surface area (Å²) in [6.45, 7) is 1.32. The molecule has 1 fully saturated rings. The number of carbonyl (C=O) groups is 2. The van der Waals surface area contributed by atoms with Crippen molar-refractivity contribution in [2.45, 2.75) is 62.6 Å². The fourth-order valence-electron chi connectivity index (χ4n) is 4.79. The molecule has 0 aromatic heterocycles. The zero-order chi connectivity index (χ0) is 28.7. The van der Waals surface area contributed by atoms with E-state index in [1.807, 2.05) is 0 Å². The van der Waals surface area contributed by atoms with E-state index in [-0.39, 0.29) is 23.4 Å². The minimum absolute atomic E-state index is 0.0676. The van der Waals surface area contributed by atoms with E-state index in [0.717, 1.165) is 46.4 Å². The van der Waals surface area contributed by atoms with Crippen LogP contribution < -0.4 is 9.62 Å². The monoisotopic (exact) mass is 645 g/mol. The third-order valence-corrected chi connectivity index (χ3v) is 9.68. The first-order valence-corrected chi connectivity index (χ1v) is 15.9. The zero-order valence-corrected chi connectivity index (χ0v) is 25.5. The van der Waals surface area contributed by atoms with Crippen LogP contribution >= 0.6 is 27.5 Å². The Morgan fingerprint density at radius 2 is 1.57 bits per heavy atom. The molecule has 1 saturated carbocycles. The lowest BCUT2D eigenvalue weighted by molar-refractivity contribution is -0.139. The predicted octanol–water partition coefficient (Wildman–Crippen LogP) is 6.16. The number of halogens is 2. The Morgan fingerprint density at radius 3 is 2.20 bits per heavy atom. The van der Waals surface area contributed by atoms with Gasteiger partial charge in [0.15, 0.2) is 0 Å². The highest BCUT2D eigenvalue weighted by atomic mass is 79.9. The summed E-state index contributed by atoms with van der Waals surface area (Å²) in [6, 6.07) is 21.0. The van der Waals surface area contributed by atoms with E-state index >= 15 is 0 Å². The van der Waals surface area contributed by atoms with E-state index < -0.39 is 28.5 Å². The van der Waals surface area contributed by atoms with E-state index in [1.54, 1.807) is 73.7 Å². The largest absolute Gasteiger partial charge is 0.352 e. The van der Waals surface area contributed by atoms with Crippen LogP contribution in [0.4, 0.5) is 5.69 Å². The van der Waals surface area contributed by atoms with Gasteiger partial charge in [0.2, 0.25) is 11.8 Å². The van der Waals surface area contributed by atoms with Crippen molar-refractivity contribution in [3.63, 3.8) is 0 Å². The van der Waals surface area contributed by atoms with Gasteiger partial charge in [-0.1, -0.05) is 77.1 Å². The van der Waals surface area contributed by atoms with Crippen LogP contribution in [0.5, 0.6) is 0 Å². The molecule has 1 aliphatic carbocycles. The summed E-state index contributed by atoms with van der Waals surface area (Å²) in [6.07, 6.45) is 5.11. The van der Waals surface area contributed by atoms with E-state index in [9.17, 15) is 18.0 Å². The summed E-state index contributed by atoms with van der Waals surface area (Å²) in [5.41, 5.74) is 1.11. The van der Waals surface area contributed by atoms with Crippen molar-refractivity contribution in [2.75, 3.05) is 10.8 Å². The molecule has 0 heterocycles. The highest BCUT2D eigenvalue weighted by molar-refractivity contribution is 9.10. The van der Waals surface area contributed by atoms with Crippen molar-refractivity contribution in [3.8, 4) is 0 Å². The number of hydrogen-bond acceptors (Lipinski definition) is 4. The summed E-state index contributed by atoms with van der Waals surface area (Å²) in [4.78, 5) is 28.8. The Morgan fingerprint density at radius 1 is 0.950 bits per heavy atom. The van der Waals surface area contributed by atoms with Crippen molar-refractivity contribution in [1.82, 2.24) is 10.2 Å². The van der Waals surface area contributed by atoms with Crippen LogP contribution in [0.1, 0.15) is 44.6 Å². The van der Waals surface area contributed by atoms with Crippen LogP contribution in [0.15, 0.2) is 88.2 Å². The SMILES string of the molecule is C[C@@H](C(=O)NC1CCCCC1)N(Cc1ccc(Cl)cc1)C(=O)CN(c1ccc(Br)cc1)S(=O)(=O)c1ccccc1. The molecule has 0 saturated heterocycles. The lowest BCUT2D eigenvalue weighted by atomic mass is 9.95. The highest BCUT2D eigenvalue weighted by Gasteiger charge is 2.33. The first kappa shape index (κ1) is 30.1. The third-order valence-electron chi connectivity index (χ3n) is 7.11. The molecule has 1 atom stereocenters. The van der Waals surface area contributed by atoms with Gasteiger partial charge in [-0.05, 0) is 73.9 Å². The molecule has 0 bridgehead atoms. The van der Waals surface area contributed by atoms with Crippen molar-refractivity contribution >= 4 is 55.1 Å². The normalized spacial score (nSPS) is 14.8. The van der Waals surface area contributed by atoms with E-state index in [1.165, 1.54) is 17.0 Å². The zero-order valence-electron chi connectivity index (χ0n) is 22.3. The smallest absolute Gasteiger partial charge is 0.264 e. The summed E-state index contributed by atoms with van der Waals surface area (Å²) in [5, 5.41) is 3.66. The maximum absolute atomic E-state index is 14.0. The Hall–Kier alpha value is -2.88. The molecular formula is C30H33BrClN3O4S. The Balaban J connectivity index is 1.65. The van der Waals surface area contributed by atoms with Gasteiger partial charge in [0.1, 0.15) is 12.6 Å². The fraction of sp³-hybridized carbons (Fsp3) is 0.333. The van der Waals surface area contributed by atoms with Crippen LogP contribution in [0.3, 0.4) is 0 Å². The number of nitrogens with one attached hydrogen (secondary N) is 1. The number of nitrogens with zero attached hydrogens (tertiary/aromatic N) is 2. The molecule has 7 nitrogen and oxygen atoms in total. The summed E-state index contributed by atoms with van der Waals surface area (Å²) in [7, 11) is -4.09. The first-order valence-electron chi connectivity index (χ1n) is 13.3. The molecule has 212 valence electrons. The van der Waals surface area contributed by atoms with Crippen LogP contribution in [-0.4, -0.2) is 43.8 Å². The van der Waals surface area contributed by atoms with E-state index in [2.05, 4.69) is 21.2 Å². The minimum Gasteiger partial charge on any atom is -0.352 e. The van der Waals surface area contributed by atoms with Crippen molar-refractivity contribution in [2.24, 2.45) is 0 Å². The third kappa shape index (κ3) is 7.65. The maximum atomic E-state index is 14.0. The van der Waals surface area contributed by atoms with Gasteiger partial charge in [-0.2, -0.15) is 0 Å². The second-order valence-electron chi connectivity index (χ2n) is 9.97. The summed E-state index contributed by atoms with van der Waals surface area (Å²) >= 11 is 9.45. The van der Waals surface area contributed by atoms with Gasteiger partial charge in [0.05, 0.1) is 10.6 Å². The van der Waals surface area contributed by atoms with Crippen LogP contribution in [-0.2, 0) is 26.2 Å². The average molecular weight is 647 g/mol. The van der Waals surface area contributed by atoms with Gasteiger partial charge < -0.3 is 10.2 Å². The molecule has 10 heteroatoms. The molecular weight excluding hydrogens is 614 g/mol. The lowest BCUT2D eigenvalue weighted by Gasteiger charge is -2.33.